The Morgan fingerprint density at radius 3 is 2.62 bits per heavy atom. The minimum absolute atomic E-state index is 0.122. The van der Waals surface area contributed by atoms with E-state index in [0.29, 0.717) is 24.8 Å². The Morgan fingerprint density at radius 2 is 1.92 bits per heavy atom. The fraction of sp³-hybridized carbons (Fsp3) is 0.409. The van der Waals surface area contributed by atoms with Gasteiger partial charge in [-0.25, -0.2) is 0 Å². The van der Waals surface area contributed by atoms with Crippen LogP contribution in [-0.2, 0) is 11.2 Å². The van der Waals surface area contributed by atoms with E-state index in [4.69, 9.17) is 10.5 Å². The number of carbonyl (C=O) groups is 1. The van der Waals surface area contributed by atoms with Gasteiger partial charge in [-0.2, -0.15) is 0 Å². The number of amides is 1. The number of hydrogen-bond acceptors (Lipinski definition) is 3. The Balaban J connectivity index is 1.67. The first-order chi connectivity index (χ1) is 12.6. The molecule has 1 amide bonds. The summed E-state index contributed by atoms with van der Waals surface area (Å²) in [6, 6.07) is 18.2. The summed E-state index contributed by atoms with van der Waals surface area (Å²) in [7, 11) is 0. The van der Waals surface area contributed by atoms with E-state index in [1.807, 2.05) is 61.2 Å². The van der Waals surface area contributed by atoms with Gasteiger partial charge >= 0.3 is 0 Å². The van der Waals surface area contributed by atoms with Crippen LogP contribution in [0.2, 0.25) is 0 Å². The number of nitrogens with two attached hydrogens (primary N) is 1. The van der Waals surface area contributed by atoms with Crippen molar-refractivity contribution in [3.63, 3.8) is 0 Å². The fourth-order valence-corrected chi connectivity index (χ4v) is 3.68. The Bertz CT molecular complexity index is 730. The van der Waals surface area contributed by atoms with Crippen LogP contribution in [0.15, 0.2) is 54.6 Å². The van der Waals surface area contributed by atoms with E-state index in [2.05, 4.69) is 12.1 Å². The molecule has 2 N–H and O–H groups in total. The number of rotatable bonds is 6. The average Bonchev–Trinajstić information content (AvgIpc) is 3.07. The third-order valence-corrected chi connectivity index (χ3v) is 4.95. The molecule has 1 fully saturated rings. The van der Waals surface area contributed by atoms with Gasteiger partial charge in [0.25, 0.3) is 0 Å². The largest absolute Gasteiger partial charge is 0.491 e. The van der Waals surface area contributed by atoms with Crippen LogP contribution < -0.4 is 10.5 Å². The molecule has 4 nitrogen and oxygen atoms in total. The zero-order valence-electron chi connectivity index (χ0n) is 15.6. The Hall–Kier alpha value is -2.33. The highest BCUT2D eigenvalue weighted by molar-refractivity contribution is 5.79. The maximum atomic E-state index is 12.8. The molecule has 0 aliphatic carbocycles. The van der Waals surface area contributed by atoms with Gasteiger partial charge in [0.05, 0.1) is 12.5 Å². The Kier molecular flexibility index (Phi) is 5.94. The molecule has 138 valence electrons. The van der Waals surface area contributed by atoms with Crippen LogP contribution in [0.4, 0.5) is 0 Å². The molecule has 1 aliphatic rings. The smallest absolute Gasteiger partial charge is 0.227 e. The maximum Gasteiger partial charge on any atom is 0.227 e. The summed E-state index contributed by atoms with van der Waals surface area (Å²) < 4.78 is 5.73. The molecule has 4 heteroatoms. The second-order valence-corrected chi connectivity index (χ2v) is 7.30. The van der Waals surface area contributed by atoms with Crippen molar-refractivity contribution in [2.45, 2.75) is 32.3 Å². The SMILES string of the molecule is CC(C)Oc1cccc(CC(=O)N2C[C@@H](CN)[C@H](c3ccccc3)C2)c1. The van der Waals surface area contributed by atoms with Crippen molar-refractivity contribution in [2.24, 2.45) is 11.7 Å². The van der Waals surface area contributed by atoms with Crippen LogP contribution >= 0.6 is 0 Å². The monoisotopic (exact) mass is 352 g/mol. The molecule has 1 saturated heterocycles. The van der Waals surface area contributed by atoms with Crippen molar-refractivity contribution in [2.75, 3.05) is 19.6 Å². The van der Waals surface area contributed by atoms with Crippen LogP contribution in [0.3, 0.4) is 0 Å². The summed E-state index contributed by atoms with van der Waals surface area (Å²) in [4.78, 5) is 14.8. The van der Waals surface area contributed by atoms with E-state index >= 15 is 0 Å². The van der Waals surface area contributed by atoms with E-state index in [9.17, 15) is 4.79 Å². The van der Waals surface area contributed by atoms with E-state index < -0.39 is 0 Å². The highest BCUT2D eigenvalue weighted by atomic mass is 16.5. The Labute approximate surface area is 156 Å². The maximum absolute atomic E-state index is 12.8. The molecule has 0 aromatic heterocycles. The van der Waals surface area contributed by atoms with Crippen molar-refractivity contribution in [3.05, 3.63) is 65.7 Å². The van der Waals surface area contributed by atoms with Crippen LogP contribution in [-0.4, -0.2) is 36.5 Å². The molecule has 2 aromatic carbocycles. The van der Waals surface area contributed by atoms with Crippen molar-refractivity contribution < 1.29 is 9.53 Å². The third-order valence-electron chi connectivity index (χ3n) is 4.95. The lowest BCUT2D eigenvalue weighted by Crippen LogP contribution is -2.31. The van der Waals surface area contributed by atoms with Gasteiger partial charge in [-0.3, -0.25) is 4.79 Å². The number of nitrogens with zero attached hydrogens (tertiary/aromatic N) is 1. The highest BCUT2D eigenvalue weighted by Crippen LogP contribution is 2.32. The van der Waals surface area contributed by atoms with Crippen LogP contribution in [0.25, 0.3) is 0 Å². The van der Waals surface area contributed by atoms with Gasteiger partial charge in [0, 0.05) is 19.0 Å². The first-order valence-electron chi connectivity index (χ1n) is 9.35. The minimum atomic E-state index is 0.122. The third kappa shape index (κ3) is 4.44. The van der Waals surface area contributed by atoms with Crippen LogP contribution in [0, 0.1) is 5.92 Å². The lowest BCUT2D eigenvalue weighted by molar-refractivity contribution is -0.129. The van der Waals surface area contributed by atoms with E-state index in [1.54, 1.807) is 0 Å². The van der Waals surface area contributed by atoms with Gasteiger partial charge in [-0.05, 0) is 49.6 Å². The standard InChI is InChI=1S/C22H28N2O2/c1-16(2)26-20-10-6-7-17(11-20)12-22(25)24-14-19(13-23)21(15-24)18-8-4-3-5-9-18/h3-11,16,19,21H,12-15,23H2,1-2H3/t19-,21+/m1/s1. The lowest BCUT2D eigenvalue weighted by Gasteiger charge is -2.17. The minimum Gasteiger partial charge on any atom is -0.491 e. The molecule has 0 bridgehead atoms. The van der Waals surface area contributed by atoms with E-state index in [-0.39, 0.29) is 12.0 Å². The van der Waals surface area contributed by atoms with Crippen LogP contribution in [0.1, 0.15) is 30.9 Å². The molecule has 2 aromatic rings. The first kappa shape index (κ1) is 18.5. The predicted octanol–water partition coefficient (Wildman–Crippen LogP) is 3.22. The summed E-state index contributed by atoms with van der Waals surface area (Å²) in [5, 5.41) is 0. The number of hydrogen-bond donors (Lipinski definition) is 1. The van der Waals surface area contributed by atoms with E-state index in [0.717, 1.165) is 24.4 Å². The number of carbonyl (C=O) groups excluding carboxylic acids is 1. The Morgan fingerprint density at radius 1 is 1.15 bits per heavy atom. The topological polar surface area (TPSA) is 55.6 Å². The fourth-order valence-electron chi connectivity index (χ4n) is 3.68. The van der Waals surface area contributed by atoms with Crippen molar-refractivity contribution in [1.82, 2.24) is 4.90 Å². The number of likely N-dealkylation sites (tertiary alicyclic amines) is 1. The normalized spacial score (nSPS) is 19.8. The summed E-state index contributed by atoms with van der Waals surface area (Å²) in [5.41, 5.74) is 8.24. The second kappa shape index (κ2) is 8.37. The summed E-state index contributed by atoms with van der Waals surface area (Å²) in [6.07, 6.45) is 0.519. The van der Waals surface area contributed by atoms with Crippen molar-refractivity contribution in [1.29, 1.82) is 0 Å². The van der Waals surface area contributed by atoms with Gasteiger partial charge < -0.3 is 15.4 Å². The summed E-state index contributed by atoms with van der Waals surface area (Å²) in [5.74, 6) is 1.61. The van der Waals surface area contributed by atoms with Gasteiger partial charge in [0.1, 0.15) is 5.75 Å². The number of benzene rings is 2. The predicted molar refractivity (Wildman–Crippen MR) is 104 cm³/mol. The quantitative estimate of drug-likeness (QED) is 0.868. The molecule has 0 spiro atoms. The molecule has 0 unspecified atom stereocenters. The van der Waals surface area contributed by atoms with Crippen molar-refractivity contribution >= 4 is 5.91 Å². The van der Waals surface area contributed by atoms with Gasteiger partial charge in [-0.1, -0.05) is 42.5 Å². The summed E-state index contributed by atoms with van der Waals surface area (Å²) in [6.45, 7) is 6.07. The van der Waals surface area contributed by atoms with Gasteiger partial charge in [-0.15, -0.1) is 0 Å². The number of ether oxygens (including phenoxy) is 1. The van der Waals surface area contributed by atoms with Crippen LogP contribution in [0.5, 0.6) is 5.75 Å². The highest BCUT2D eigenvalue weighted by Gasteiger charge is 2.35. The molecule has 26 heavy (non-hydrogen) atoms. The summed E-state index contributed by atoms with van der Waals surface area (Å²) >= 11 is 0. The molecule has 0 radical (unpaired) electrons. The van der Waals surface area contributed by atoms with E-state index in [1.165, 1.54) is 5.56 Å². The molecule has 3 rings (SSSR count). The van der Waals surface area contributed by atoms with Gasteiger partial charge in [0.2, 0.25) is 5.91 Å². The molecule has 0 saturated carbocycles. The molecular weight excluding hydrogens is 324 g/mol. The van der Waals surface area contributed by atoms with Crippen molar-refractivity contribution in [3.8, 4) is 5.75 Å². The average molecular weight is 352 g/mol. The zero-order valence-corrected chi connectivity index (χ0v) is 15.6. The second-order valence-electron chi connectivity index (χ2n) is 7.30. The molecular formula is C22H28N2O2. The zero-order chi connectivity index (χ0) is 18.5. The lowest BCUT2D eigenvalue weighted by atomic mass is 9.89. The molecule has 1 aliphatic heterocycles. The molecule has 2 atom stereocenters. The molecule has 1 heterocycles. The van der Waals surface area contributed by atoms with Gasteiger partial charge in [0.15, 0.2) is 0 Å². The first-order valence-corrected chi connectivity index (χ1v) is 9.35.